The number of aryl methyl sites for hydroxylation is 1. The fourth-order valence-electron chi connectivity index (χ4n) is 2.13. The number of carbonyl (C=O) groups excluding carboxylic acids is 2. The van der Waals surface area contributed by atoms with Gasteiger partial charge in [0.25, 0.3) is 5.91 Å². The lowest BCUT2D eigenvalue weighted by Crippen LogP contribution is -2.29. The van der Waals surface area contributed by atoms with Crippen molar-refractivity contribution >= 4 is 17.6 Å². The van der Waals surface area contributed by atoms with Gasteiger partial charge in [0.05, 0.1) is 5.56 Å². The average molecular weight is 381 g/mol. The summed E-state index contributed by atoms with van der Waals surface area (Å²) in [5.74, 6) is -0.918. The van der Waals surface area contributed by atoms with E-state index in [2.05, 4.69) is 5.32 Å². The van der Waals surface area contributed by atoms with Crippen LogP contribution in [0.15, 0.2) is 48.5 Å². The Bertz CT molecular complexity index is 803. The zero-order chi connectivity index (χ0) is 20.0. The molecule has 1 amide bonds. The van der Waals surface area contributed by atoms with Crippen molar-refractivity contribution < 1.29 is 32.2 Å². The van der Waals surface area contributed by atoms with Gasteiger partial charge in [-0.15, -0.1) is 0 Å². The zero-order valence-corrected chi connectivity index (χ0v) is 14.7. The number of anilines is 1. The van der Waals surface area contributed by atoms with Gasteiger partial charge in [0.1, 0.15) is 5.75 Å². The number of rotatable bonds is 6. The minimum atomic E-state index is -4.45. The monoisotopic (exact) mass is 381 g/mol. The van der Waals surface area contributed by atoms with E-state index in [1.807, 2.05) is 13.0 Å². The van der Waals surface area contributed by atoms with E-state index in [0.717, 1.165) is 29.8 Å². The van der Waals surface area contributed by atoms with Crippen LogP contribution in [0, 0.1) is 6.92 Å². The van der Waals surface area contributed by atoms with Crippen molar-refractivity contribution in [3.05, 3.63) is 59.7 Å². The number of nitrogens with one attached hydrogen (secondary N) is 1. The smallest absolute Gasteiger partial charge is 0.416 e. The number of amides is 1. The molecule has 0 saturated carbocycles. The second-order valence-corrected chi connectivity index (χ2v) is 5.81. The summed E-state index contributed by atoms with van der Waals surface area (Å²) in [7, 11) is 0. The zero-order valence-electron chi connectivity index (χ0n) is 14.7. The Morgan fingerprint density at radius 3 is 2.37 bits per heavy atom. The maximum absolute atomic E-state index is 12.5. The summed E-state index contributed by atoms with van der Waals surface area (Å²) >= 11 is 0. The fourth-order valence-corrected chi connectivity index (χ4v) is 2.13. The number of carbonyl (C=O) groups is 2. The van der Waals surface area contributed by atoms with Crippen LogP contribution >= 0.6 is 0 Å². The number of hydrogen-bond donors (Lipinski definition) is 1. The largest absolute Gasteiger partial charge is 0.479 e. The topological polar surface area (TPSA) is 64.6 Å². The van der Waals surface area contributed by atoms with Gasteiger partial charge in [0.15, 0.2) is 12.7 Å². The average Bonchev–Trinajstić information content (AvgIpc) is 2.59. The van der Waals surface area contributed by atoms with Gasteiger partial charge in [-0.3, -0.25) is 4.79 Å². The van der Waals surface area contributed by atoms with Gasteiger partial charge in [-0.1, -0.05) is 12.1 Å². The highest BCUT2D eigenvalue weighted by molar-refractivity contribution is 5.93. The molecule has 0 aliphatic rings. The highest BCUT2D eigenvalue weighted by atomic mass is 19.4. The molecule has 5 nitrogen and oxygen atoms in total. The third-order valence-corrected chi connectivity index (χ3v) is 3.48. The molecular weight excluding hydrogens is 363 g/mol. The predicted molar refractivity (Wildman–Crippen MR) is 92.3 cm³/mol. The molecule has 0 aliphatic carbocycles. The lowest BCUT2D eigenvalue weighted by atomic mass is 10.2. The van der Waals surface area contributed by atoms with Crippen LogP contribution in [-0.2, 0) is 20.5 Å². The van der Waals surface area contributed by atoms with Crippen molar-refractivity contribution in [2.45, 2.75) is 26.1 Å². The standard InChI is InChI=1S/C19H18F3NO4/c1-12-4-3-5-16(10-12)27-13(2)18(25)26-11-17(24)23-15-8-6-14(7-9-15)19(20,21)22/h3-10,13H,11H2,1-2H3,(H,23,24)/t13-/m0/s1. The van der Waals surface area contributed by atoms with Crippen LogP contribution in [0.25, 0.3) is 0 Å². The molecule has 0 radical (unpaired) electrons. The first-order valence-electron chi connectivity index (χ1n) is 8.02. The molecule has 0 aromatic heterocycles. The molecular formula is C19H18F3NO4. The highest BCUT2D eigenvalue weighted by Gasteiger charge is 2.30. The van der Waals surface area contributed by atoms with Gasteiger partial charge in [0.2, 0.25) is 0 Å². The molecule has 0 heterocycles. The summed E-state index contributed by atoms with van der Waals surface area (Å²) < 4.78 is 47.8. The molecule has 2 aromatic rings. The van der Waals surface area contributed by atoms with E-state index >= 15 is 0 Å². The van der Waals surface area contributed by atoms with Gasteiger partial charge in [-0.25, -0.2) is 4.79 Å². The Morgan fingerprint density at radius 2 is 1.78 bits per heavy atom. The second-order valence-electron chi connectivity index (χ2n) is 5.81. The van der Waals surface area contributed by atoms with Crippen molar-refractivity contribution in [2.75, 3.05) is 11.9 Å². The van der Waals surface area contributed by atoms with Crippen LogP contribution < -0.4 is 10.1 Å². The lowest BCUT2D eigenvalue weighted by molar-refractivity contribution is -0.153. The highest BCUT2D eigenvalue weighted by Crippen LogP contribution is 2.29. The van der Waals surface area contributed by atoms with Crippen molar-refractivity contribution in [2.24, 2.45) is 0 Å². The van der Waals surface area contributed by atoms with Gasteiger partial charge in [-0.05, 0) is 55.8 Å². The maximum Gasteiger partial charge on any atom is 0.416 e. The summed E-state index contributed by atoms with van der Waals surface area (Å²) in [5.41, 5.74) is 0.297. The van der Waals surface area contributed by atoms with Crippen LogP contribution in [0.3, 0.4) is 0 Å². The number of ether oxygens (including phenoxy) is 2. The summed E-state index contributed by atoms with van der Waals surface area (Å²) in [6.07, 6.45) is -5.38. The summed E-state index contributed by atoms with van der Waals surface area (Å²) in [4.78, 5) is 23.7. The molecule has 27 heavy (non-hydrogen) atoms. The van der Waals surface area contributed by atoms with E-state index < -0.39 is 36.3 Å². The quantitative estimate of drug-likeness (QED) is 0.770. The van der Waals surface area contributed by atoms with E-state index in [1.54, 1.807) is 18.2 Å². The Labute approximate surface area is 154 Å². The minimum absolute atomic E-state index is 0.160. The summed E-state index contributed by atoms with van der Waals surface area (Å²) in [6.45, 7) is 2.78. The first kappa shape index (κ1) is 20.3. The summed E-state index contributed by atoms with van der Waals surface area (Å²) in [6, 6.07) is 11.0. The van der Waals surface area contributed by atoms with E-state index in [1.165, 1.54) is 6.92 Å². The van der Waals surface area contributed by atoms with Crippen molar-refractivity contribution in [3.63, 3.8) is 0 Å². The van der Waals surface area contributed by atoms with Crippen LogP contribution in [0.2, 0.25) is 0 Å². The molecule has 0 aliphatic heterocycles. The third kappa shape index (κ3) is 6.32. The van der Waals surface area contributed by atoms with Crippen LogP contribution in [0.4, 0.5) is 18.9 Å². The molecule has 0 bridgehead atoms. The van der Waals surface area contributed by atoms with E-state index in [-0.39, 0.29) is 5.69 Å². The Kier molecular flexibility index (Phi) is 6.44. The Hall–Kier alpha value is -3.03. The summed E-state index contributed by atoms with van der Waals surface area (Å²) in [5, 5.41) is 2.35. The number of benzene rings is 2. The number of halogens is 3. The molecule has 1 N–H and O–H groups in total. The first-order chi connectivity index (χ1) is 12.6. The molecule has 144 valence electrons. The van der Waals surface area contributed by atoms with Crippen molar-refractivity contribution in [3.8, 4) is 5.75 Å². The molecule has 0 spiro atoms. The van der Waals surface area contributed by atoms with Gasteiger partial charge in [-0.2, -0.15) is 13.2 Å². The molecule has 0 fully saturated rings. The van der Waals surface area contributed by atoms with Crippen LogP contribution in [0.5, 0.6) is 5.75 Å². The van der Waals surface area contributed by atoms with Gasteiger partial charge >= 0.3 is 12.1 Å². The normalized spacial score (nSPS) is 12.2. The third-order valence-electron chi connectivity index (χ3n) is 3.48. The van der Waals surface area contributed by atoms with E-state index in [9.17, 15) is 22.8 Å². The van der Waals surface area contributed by atoms with Crippen LogP contribution in [0.1, 0.15) is 18.1 Å². The van der Waals surface area contributed by atoms with Gasteiger partial charge in [0, 0.05) is 5.69 Å². The van der Waals surface area contributed by atoms with Crippen molar-refractivity contribution in [1.29, 1.82) is 0 Å². The predicted octanol–water partition coefficient (Wildman–Crippen LogP) is 3.96. The maximum atomic E-state index is 12.5. The number of hydrogen-bond acceptors (Lipinski definition) is 4. The number of esters is 1. The van der Waals surface area contributed by atoms with E-state index in [4.69, 9.17) is 9.47 Å². The Balaban J connectivity index is 1.81. The first-order valence-corrected chi connectivity index (χ1v) is 8.02. The van der Waals surface area contributed by atoms with E-state index in [0.29, 0.717) is 5.75 Å². The minimum Gasteiger partial charge on any atom is -0.479 e. The molecule has 0 unspecified atom stereocenters. The fraction of sp³-hybridized carbons (Fsp3) is 0.263. The van der Waals surface area contributed by atoms with Crippen molar-refractivity contribution in [1.82, 2.24) is 0 Å². The second kappa shape index (κ2) is 8.57. The molecule has 1 atom stereocenters. The molecule has 2 rings (SSSR count). The lowest BCUT2D eigenvalue weighted by Gasteiger charge is -2.14. The Morgan fingerprint density at radius 1 is 1.11 bits per heavy atom. The number of alkyl halides is 3. The van der Waals surface area contributed by atoms with Gasteiger partial charge < -0.3 is 14.8 Å². The molecule has 0 saturated heterocycles. The molecule has 8 heteroatoms. The molecule has 2 aromatic carbocycles. The SMILES string of the molecule is Cc1cccc(O[C@@H](C)C(=O)OCC(=O)Nc2ccc(C(F)(F)F)cc2)c1. The van der Waals surface area contributed by atoms with Crippen LogP contribution in [-0.4, -0.2) is 24.6 Å².